The van der Waals surface area contributed by atoms with E-state index >= 15 is 0 Å². The number of aromatic nitrogens is 8. The third-order valence-electron chi connectivity index (χ3n) is 26.9. The summed E-state index contributed by atoms with van der Waals surface area (Å²) in [5.74, 6) is 4.09. The number of nitrogens with zero attached hydrogens (tertiary/aromatic N) is 11. The number of thiazole rings is 2. The summed E-state index contributed by atoms with van der Waals surface area (Å²) >= 11 is 7.04. The molecule has 23 nitrogen and oxygen atoms in total. The lowest BCUT2D eigenvalue weighted by Gasteiger charge is -2.32. The first-order valence-corrected chi connectivity index (χ1v) is 52.8. The molecule has 0 amide bonds. The van der Waals surface area contributed by atoms with Crippen molar-refractivity contribution < 1.29 is 55.9 Å². The number of carbonyl (C=O) groups is 1. The summed E-state index contributed by atoms with van der Waals surface area (Å²) in [4.78, 5) is 53.8. The predicted octanol–water partition coefficient (Wildman–Crippen LogP) is 21.5. The first kappa shape index (κ1) is 101. The van der Waals surface area contributed by atoms with Crippen LogP contribution in [0.15, 0.2) is 216 Å². The fourth-order valence-corrected chi connectivity index (χ4v) is 21.4. The van der Waals surface area contributed by atoms with Crippen LogP contribution in [0.5, 0.6) is 11.5 Å². The van der Waals surface area contributed by atoms with Crippen LogP contribution >= 0.6 is 38.6 Å². The number of aldehydes is 1. The molecule has 10 aliphatic rings. The highest BCUT2D eigenvalue weighted by Crippen LogP contribution is 2.50. The molecular formula is C107H125BBrF3N14O9S3. The van der Waals surface area contributed by atoms with Gasteiger partial charge in [0.1, 0.15) is 17.2 Å². The van der Waals surface area contributed by atoms with Gasteiger partial charge in [0.05, 0.1) is 71.4 Å². The van der Waals surface area contributed by atoms with E-state index in [2.05, 4.69) is 160 Å². The number of carbonyl (C=O) groups excluding carboxylic acids is 1. The van der Waals surface area contributed by atoms with Gasteiger partial charge in [-0.1, -0.05) is 97.8 Å². The molecule has 7 saturated carbocycles. The lowest BCUT2D eigenvalue weighted by molar-refractivity contribution is -0.0500. The Morgan fingerprint density at radius 1 is 0.471 bits per heavy atom. The standard InChI is InChI=1S/C28H36N4OS.C17H21N3.C12H10BrN.C12H11N.C11H15NO2S.C10H6F3NO3S.C9H7NO.C5H12N2.C3H7BO2/c1-28(33)11-9-22(10-12-28)27-30-23(19-34-27)18-31-14-3-15-32(17-16-31)26-24(20-5-6-20)8-7-21-4-2-13-29-25(21)26;1-3-14-6-7-15(13-4-5-13)17(16(14)19-9-1)20-11-2-8-18-10-12-20;13-11-10(8-3-4-8)6-5-9-2-1-7-14-12(9)11;1-2-10-5-6-11(9-3-4-9)8-12(10)13-7-1;1-11(14)4-2-8(3-5-11)10-12-9(6-13)7-15-10;11-10(12,13)18(15,16)17-8-4-3-7-2-1-5-14-9(7)6-8;11-8-4-3-7-2-1-5-10-9(7)6-8;1-2-6-4-5-7-3-1;5-4(6)3-1-2-3/h2,4,7-8,13,19-20,22,33H,3,5-6,9-12,14-18H2,1H3;1,3,6-7,9,13,18H,2,4-5,8,10-12H2;1-2,5-8H,3-4H2;1-2,5-9H,3-4H2;6-8,14H,2-5H2,1H3;1-6H;1-6,11H;6-7H,1-5H2;3,5-6H,1-2H2. The summed E-state index contributed by atoms with van der Waals surface area (Å²) in [5.41, 5.74) is 9.82. The van der Waals surface area contributed by atoms with Gasteiger partial charge in [-0.3, -0.25) is 39.6 Å². The molecule has 726 valence electrons. The molecule has 31 heteroatoms. The first-order chi connectivity index (χ1) is 66.8. The highest BCUT2D eigenvalue weighted by Gasteiger charge is 2.49. The average Bonchev–Trinajstić information content (AvgIpc) is 1.38. The lowest BCUT2D eigenvalue weighted by Crippen LogP contribution is -2.31. The number of aliphatic hydroxyl groups is 2. The van der Waals surface area contributed by atoms with Crippen molar-refractivity contribution in [1.82, 2.24) is 60.7 Å². The molecule has 3 saturated heterocycles. The van der Waals surface area contributed by atoms with E-state index in [1.165, 1.54) is 177 Å². The quantitative estimate of drug-likeness (QED) is 0.0217. The van der Waals surface area contributed by atoms with E-state index in [-0.39, 0.29) is 11.6 Å². The molecule has 0 unspecified atom stereocenters. The highest BCUT2D eigenvalue weighted by atomic mass is 79.9. The summed E-state index contributed by atoms with van der Waals surface area (Å²) in [6, 6.07) is 52.9. The minimum atomic E-state index is -5.65. The Morgan fingerprint density at radius 2 is 0.920 bits per heavy atom. The van der Waals surface area contributed by atoms with Crippen molar-refractivity contribution in [3.8, 4) is 11.5 Å². The van der Waals surface area contributed by atoms with Crippen LogP contribution in [-0.2, 0) is 16.7 Å². The second kappa shape index (κ2) is 47.4. The van der Waals surface area contributed by atoms with Crippen LogP contribution in [0.2, 0.25) is 5.82 Å². The van der Waals surface area contributed by atoms with Crippen molar-refractivity contribution in [2.45, 2.75) is 213 Å². The number of pyridine rings is 6. The molecule has 0 spiro atoms. The van der Waals surface area contributed by atoms with Crippen molar-refractivity contribution in [2.75, 3.05) is 88.3 Å². The summed E-state index contributed by atoms with van der Waals surface area (Å²) in [6.45, 7) is 18.2. The molecule has 14 aromatic rings. The number of hydrogen-bond acceptors (Lipinski definition) is 25. The number of alkyl halides is 3. The van der Waals surface area contributed by atoms with Crippen LogP contribution in [0.3, 0.4) is 0 Å². The van der Waals surface area contributed by atoms with Gasteiger partial charge >= 0.3 is 22.7 Å². The van der Waals surface area contributed by atoms with Gasteiger partial charge in [0.25, 0.3) is 0 Å². The number of benzene rings is 6. The maximum absolute atomic E-state index is 12.1. The maximum Gasteiger partial charge on any atom is 0.534 e. The minimum Gasteiger partial charge on any atom is -0.508 e. The SMILES string of the molecule is Brc1c(C2CC2)ccc2cccnc12.C1CNCCNC1.CC1(O)CCC(c2nc(C=O)cs2)CC1.CC1(O)CCC(c2nc(CN3CCCN(c4c(C5CC5)ccc5cccnc45)CC3)cs2)CC1.O=S(=O)(Oc1ccc2cccnc2c1)C(F)(F)F.OB(O)C1CC1.Oc1ccc2cccnc2c1.c1cnc2c(N3CCCNCC3)c(C3CC3)ccc2c1.c1cnc2cc(C3CC3)ccc2c1. The minimum absolute atomic E-state index is 0.213. The van der Waals surface area contributed by atoms with Crippen molar-refractivity contribution in [1.29, 1.82) is 0 Å². The van der Waals surface area contributed by atoms with Crippen LogP contribution in [0.25, 0.3) is 65.4 Å². The van der Waals surface area contributed by atoms with E-state index in [0.717, 1.165) is 205 Å². The molecule has 0 bridgehead atoms. The van der Waals surface area contributed by atoms with Crippen molar-refractivity contribution in [2.24, 2.45) is 0 Å². The largest absolute Gasteiger partial charge is 0.534 e. The Balaban J connectivity index is 0.000000117. The smallest absolute Gasteiger partial charge is 0.508 e. The Bertz CT molecular complexity index is 6460. The molecule has 0 radical (unpaired) electrons. The van der Waals surface area contributed by atoms with Crippen LogP contribution in [-0.4, -0.2) is 187 Å². The van der Waals surface area contributed by atoms with Gasteiger partial charge < -0.3 is 55.3 Å². The third kappa shape index (κ3) is 28.6. The number of fused-ring (bicyclic) bond motifs is 6. The molecule has 8 aromatic heterocycles. The molecule has 24 rings (SSSR count). The van der Waals surface area contributed by atoms with E-state index in [1.54, 1.807) is 47.2 Å². The van der Waals surface area contributed by atoms with Gasteiger partial charge in [-0.2, -0.15) is 21.6 Å². The van der Waals surface area contributed by atoms with Crippen molar-refractivity contribution in [3.05, 3.63) is 260 Å². The zero-order valence-corrected chi connectivity index (χ0v) is 82.5. The number of aromatic hydroxyl groups is 1. The number of anilines is 2. The molecule has 7 aliphatic carbocycles. The first-order valence-electron chi connectivity index (χ1n) is 48.9. The number of hydrogen-bond donors (Lipinski definition) is 8. The van der Waals surface area contributed by atoms with Crippen molar-refractivity contribution in [3.63, 3.8) is 0 Å². The molecule has 0 atom stereocenters. The Kier molecular flexibility index (Phi) is 34.7. The molecule has 11 heterocycles. The Labute approximate surface area is 822 Å². The second-order valence-electron chi connectivity index (χ2n) is 38.2. The summed E-state index contributed by atoms with van der Waals surface area (Å²) < 4.78 is 63.1. The van der Waals surface area contributed by atoms with Gasteiger partial charge in [-0.25, -0.2) is 9.97 Å². The molecule has 8 N–H and O–H groups in total. The van der Waals surface area contributed by atoms with Crippen LogP contribution in [0, 0.1) is 0 Å². The number of phenols is 1. The predicted molar refractivity (Wildman–Crippen MR) is 552 cm³/mol. The summed E-state index contributed by atoms with van der Waals surface area (Å²) in [5, 5.41) is 68.8. The van der Waals surface area contributed by atoms with Gasteiger partial charge in [-0.05, 0) is 290 Å². The van der Waals surface area contributed by atoms with Crippen LogP contribution in [0.4, 0.5) is 24.5 Å². The van der Waals surface area contributed by atoms with Crippen LogP contribution in [0.1, 0.15) is 233 Å². The summed E-state index contributed by atoms with van der Waals surface area (Å²) in [6.07, 6.45) is 35.4. The normalized spacial score (nSPS) is 20.7. The number of rotatable bonds is 14. The monoisotopic (exact) mass is 1990 g/mol. The van der Waals surface area contributed by atoms with Gasteiger partial charge in [-0.15, -0.1) is 22.7 Å². The molecule has 6 aromatic carbocycles. The van der Waals surface area contributed by atoms with E-state index in [9.17, 15) is 36.6 Å². The van der Waals surface area contributed by atoms with E-state index in [0.29, 0.717) is 28.4 Å². The van der Waals surface area contributed by atoms with E-state index in [1.807, 2.05) is 92.4 Å². The molecule has 10 fully saturated rings. The van der Waals surface area contributed by atoms with Crippen molar-refractivity contribution >= 4 is 139 Å². The topological polar surface area (TPSA) is 311 Å². The fraction of sp³-hybridized carbons (Fsp3) is 0.430. The van der Waals surface area contributed by atoms with Gasteiger partial charge in [0, 0.05) is 174 Å². The molecule has 3 aliphatic heterocycles. The van der Waals surface area contributed by atoms with E-state index < -0.39 is 39.7 Å². The zero-order valence-electron chi connectivity index (χ0n) is 78.5. The third-order valence-corrected chi connectivity index (χ3v) is 30.8. The summed E-state index contributed by atoms with van der Waals surface area (Å²) in [7, 11) is -6.68. The number of phenolic OH excluding ortho intramolecular Hbond substituents is 1. The zero-order chi connectivity index (χ0) is 96.2. The highest BCUT2D eigenvalue weighted by molar-refractivity contribution is 9.10. The number of nitrogens with one attached hydrogen (secondary N) is 3. The fourth-order valence-electron chi connectivity index (χ4n) is 18.2. The maximum atomic E-state index is 12.1. The average molecular weight is 2000 g/mol. The number of halogens is 4. The van der Waals surface area contributed by atoms with Gasteiger partial charge in [0.2, 0.25) is 0 Å². The Hall–Kier alpha value is -10.1. The van der Waals surface area contributed by atoms with E-state index in [4.69, 9.17) is 30.1 Å². The van der Waals surface area contributed by atoms with Crippen LogP contribution < -0.4 is 29.9 Å². The lowest BCUT2D eigenvalue weighted by atomic mass is 9.80. The van der Waals surface area contributed by atoms with Gasteiger partial charge in [0.15, 0.2) is 6.29 Å². The molecular weight excluding hydrogens is 1870 g/mol. The second-order valence-corrected chi connectivity index (χ2v) is 42.3. The Morgan fingerprint density at radius 3 is 1.44 bits per heavy atom. The molecule has 138 heavy (non-hydrogen) atoms.